The lowest BCUT2D eigenvalue weighted by Crippen LogP contribution is -2.41. The largest absolute Gasteiger partial charge is 0.463 e. The van der Waals surface area contributed by atoms with Crippen molar-refractivity contribution in [2.24, 2.45) is 17.8 Å². The van der Waals surface area contributed by atoms with Gasteiger partial charge in [-0.3, -0.25) is 19.2 Å². The molecule has 0 aromatic carbocycles. The van der Waals surface area contributed by atoms with Crippen LogP contribution in [0.5, 0.6) is 0 Å². The first-order chi connectivity index (χ1) is 20.5. The lowest BCUT2D eigenvalue weighted by Gasteiger charge is -2.30. The van der Waals surface area contributed by atoms with Gasteiger partial charge in [0.1, 0.15) is 49.8 Å². The van der Waals surface area contributed by atoms with E-state index in [0.29, 0.717) is 5.92 Å². The van der Waals surface area contributed by atoms with Crippen molar-refractivity contribution in [1.29, 1.82) is 0 Å². The van der Waals surface area contributed by atoms with Gasteiger partial charge in [0, 0.05) is 39.5 Å². The predicted octanol–water partition coefficient (Wildman–Crippen LogP) is 3.46. The van der Waals surface area contributed by atoms with Gasteiger partial charge in [-0.05, 0) is 55.9 Å². The summed E-state index contributed by atoms with van der Waals surface area (Å²) in [5.41, 5.74) is 0. The minimum absolute atomic E-state index is 0.0278. The summed E-state index contributed by atoms with van der Waals surface area (Å²) in [6, 6.07) is 0. The minimum Gasteiger partial charge on any atom is -0.463 e. The van der Waals surface area contributed by atoms with Crippen molar-refractivity contribution in [3.8, 4) is 23.7 Å². The highest BCUT2D eigenvalue weighted by molar-refractivity contribution is 5.67. The van der Waals surface area contributed by atoms with E-state index >= 15 is 0 Å². The van der Waals surface area contributed by atoms with E-state index < -0.39 is 60.5 Å². The molecule has 10 nitrogen and oxygen atoms in total. The maximum Gasteiger partial charge on any atom is 0.303 e. The van der Waals surface area contributed by atoms with E-state index in [1.807, 2.05) is 0 Å². The lowest BCUT2D eigenvalue weighted by molar-refractivity contribution is -0.162. The number of hydrogen-bond acceptors (Lipinski definition) is 10. The van der Waals surface area contributed by atoms with E-state index in [1.165, 1.54) is 27.7 Å². The molecular formula is C33H42O10. The molecule has 1 aliphatic carbocycles. The number of hydrogen-bond donors (Lipinski definition) is 0. The molecule has 0 N–H and O–H groups in total. The molecule has 0 radical (unpaired) electrons. The van der Waals surface area contributed by atoms with Gasteiger partial charge in [0.15, 0.2) is 0 Å². The summed E-state index contributed by atoms with van der Waals surface area (Å²) in [6.45, 7) is 7.42. The molecule has 0 bridgehead atoms. The number of carbonyl (C=O) groups excluding carboxylic acids is 4. The summed E-state index contributed by atoms with van der Waals surface area (Å²) in [4.78, 5) is 45.5. The highest BCUT2D eigenvalue weighted by atomic mass is 16.6. The van der Waals surface area contributed by atoms with Gasteiger partial charge in [-0.15, -0.1) is 0 Å². The standard InChI is InChI=1S/C33H42O10/c1-21-17-26(9-11-28-13-15-30(40-24(4)36)32(42-28)19-38-22(2)34)7-6-8-27(18-21)10-12-29-14-16-31(41-25(5)37)33(43-29)20-39-23(3)35/h13-16,21,26-33H,6-8,17-20H2,1-5H3/t21?,26?,27?,28-,29-,30+,31+,32-,33-/m1/s1. The van der Waals surface area contributed by atoms with Crippen LogP contribution in [-0.4, -0.2) is 73.7 Å². The van der Waals surface area contributed by atoms with Crippen LogP contribution in [0.1, 0.15) is 66.7 Å². The zero-order valence-electron chi connectivity index (χ0n) is 25.5. The summed E-state index contributed by atoms with van der Waals surface area (Å²) in [6.07, 6.45) is 8.24. The third kappa shape index (κ3) is 12.3. The summed E-state index contributed by atoms with van der Waals surface area (Å²) in [7, 11) is 0. The Morgan fingerprint density at radius 3 is 1.44 bits per heavy atom. The normalized spacial score (nSPS) is 31.9. The van der Waals surface area contributed by atoms with Crippen LogP contribution < -0.4 is 0 Å². The van der Waals surface area contributed by atoms with Crippen molar-refractivity contribution < 1.29 is 47.6 Å². The number of rotatable bonds is 6. The summed E-state index contributed by atoms with van der Waals surface area (Å²) < 4.78 is 32.7. The zero-order valence-corrected chi connectivity index (χ0v) is 25.5. The molecule has 1 saturated carbocycles. The minimum atomic E-state index is -0.640. The Kier molecular flexibility index (Phi) is 13.3. The molecular weight excluding hydrogens is 556 g/mol. The van der Waals surface area contributed by atoms with Crippen molar-refractivity contribution in [1.82, 2.24) is 0 Å². The molecule has 0 saturated heterocycles. The Morgan fingerprint density at radius 2 is 1.07 bits per heavy atom. The van der Waals surface area contributed by atoms with Crippen LogP contribution in [-0.2, 0) is 47.6 Å². The number of ether oxygens (including phenoxy) is 6. The summed E-state index contributed by atoms with van der Waals surface area (Å²) in [5.74, 6) is 12.3. The van der Waals surface area contributed by atoms with Gasteiger partial charge in [0.25, 0.3) is 0 Å². The molecule has 1 fully saturated rings. The van der Waals surface area contributed by atoms with Crippen molar-refractivity contribution in [2.45, 2.75) is 103 Å². The van der Waals surface area contributed by atoms with Gasteiger partial charge in [0.2, 0.25) is 0 Å². The topological polar surface area (TPSA) is 124 Å². The Hall–Kier alpha value is -3.60. The Balaban J connectivity index is 1.56. The zero-order chi connectivity index (χ0) is 31.4. The van der Waals surface area contributed by atoms with Gasteiger partial charge in [-0.2, -0.15) is 0 Å². The molecule has 2 aliphatic heterocycles. The molecule has 0 spiro atoms. The van der Waals surface area contributed by atoms with Crippen LogP contribution in [0.15, 0.2) is 24.3 Å². The second-order valence-electron chi connectivity index (χ2n) is 11.2. The van der Waals surface area contributed by atoms with Crippen LogP contribution in [0.2, 0.25) is 0 Å². The van der Waals surface area contributed by atoms with Crippen molar-refractivity contribution in [3.63, 3.8) is 0 Å². The quantitative estimate of drug-likeness (QED) is 0.194. The Bertz CT molecular complexity index is 1090. The highest BCUT2D eigenvalue weighted by Gasteiger charge is 2.31. The molecule has 2 unspecified atom stereocenters. The number of carbonyl (C=O) groups is 4. The third-order valence-corrected chi connectivity index (χ3v) is 7.17. The van der Waals surface area contributed by atoms with Crippen LogP contribution in [0, 0.1) is 41.4 Å². The maximum absolute atomic E-state index is 11.5. The molecule has 3 rings (SSSR count). The van der Waals surface area contributed by atoms with Crippen LogP contribution in [0.25, 0.3) is 0 Å². The van der Waals surface area contributed by atoms with E-state index in [1.54, 1.807) is 24.3 Å². The molecule has 0 amide bonds. The van der Waals surface area contributed by atoms with Crippen LogP contribution in [0.3, 0.4) is 0 Å². The molecule has 2 heterocycles. The molecule has 43 heavy (non-hydrogen) atoms. The fourth-order valence-electron chi connectivity index (χ4n) is 5.31. The van der Waals surface area contributed by atoms with E-state index in [4.69, 9.17) is 28.4 Å². The second-order valence-corrected chi connectivity index (χ2v) is 11.2. The van der Waals surface area contributed by atoms with Gasteiger partial charge in [-0.25, -0.2) is 0 Å². The van der Waals surface area contributed by atoms with Gasteiger partial charge < -0.3 is 28.4 Å². The van der Waals surface area contributed by atoms with Crippen molar-refractivity contribution in [2.75, 3.05) is 13.2 Å². The Morgan fingerprint density at radius 1 is 0.651 bits per heavy atom. The van der Waals surface area contributed by atoms with Gasteiger partial charge >= 0.3 is 23.9 Å². The van der Waals surface area contributed by atoms with Gasteiger partial charge in [0.05, 0.1) is 0 Å². The van der Waals surface area contributed by atoms with E-state index in [0.717, 1.165) is 32.1 Å². The van der Waals surface area contributed by atoms with E-state index in [9.17, 15) is 19.2 Å². The van der Waals surface area contributed by atoms with Crippen molar-refractivity contribution in [3.05, 3.63) is 24.3 Å². The molecule has 8 atom stereocenters. The smallest absolute Gasteiger partial charge is 0.303 e. The molecule has 0 aromatic heterocycles. The van der Waals surface area contributed by atoms with Crippen molar-refractivity contribution >= 4 is 23.9 Å². The number of esters is 4. The third-order valence-electron chi connectivity index (χ3n) is 7.17. The summed E-state index contributed by atoms with van der Waals surface area (Å²) in [5, 5.41) is 0. The average molecular weight is 599 g/mol. The second kappa shape index (κ2) is 16.9. The average Bonchev–Trinajstić information content (AvgIpc) is 2.92. The molecule has 3 aliphatic rings. The van der Waals surface area contributed by atoms with E-state index in [2.05, 4.69) is 30.6 Å². The lowest BCUT2D eigenvalue weighted by atomic mass is 9.80. The van der Waals surface area contributed by atoms with Gasteiger partial charge in [-0.1, -0.05) is 37.0 Å². The Labute approximate surface area is 253 Å². The first kappa shape index (κ1) is 33.9. The monoisotopic (exact) mass is 598 g/mol. The van der Waals surface area contributed by atoms with Crippen LogP contribution in [0.4, 0.5) is 0 Å². The highest BCUT2D eigenvalue weighted by Crippen LogP contribution is 2.30. The summed E-state index contributed by atoms with van der Waals surface area (Å²) >= 11 is 0. The van der Waals surface area contributed by atoms with Crippen LogP contribution >= 0.6 is 0 Å². The maximum atomic E-state index is 11.5. The predicted molar refractivity (Wildman–Crippen MR) is 155 cm³/mol. The molecule has 0 aromatic rings. The first-order valence-electron chi connectivity index (χ1n) is 14.8. The SMILES string of the molecule is CC(=O)OC[C@H]1O[C@H](C#CC2CCCC(C#C[C@@H]3C=C[C@H](OC(C)=O)[C@@H](COC(C)=O)O3)CC(C)C2)C=C[C@@H]1OC(C)=O. The first-order valence-corrected chi connectivity index (χ1v) is 14.8. The fourth-order valence-corrected chi connectivity index (χ4v) is 5.31. The fraction of sp³-hybridized carbons (Fsp3) is 0.636. The molecule has 10 heteroatoms. The molecule has 234 valence electrons. The van der Waals surface area contributed by atoms with E-state index in [-0.39, 0.29) is 25.0 Å².